The smallest absolute Gasteiger partial charge is 0.336 e. The van der Waals surface area contributed by atoms with Crippen molar-refractivity contribution in [3.05, 3.63) is 143 Å². The van der Waals surface area contributed by atoms with Crippen LogP contribution in [0.5, 0.6) is 5.75 Å². The van der Waals surface area contributed by atoms with E-state index in [1.165, 1.54) is 49.8 Å². The summed E-state index contributed by atoms with van der Waals surface area (Å²) in [5.74, 6) is -10.7. The Kier molecular flexibility index (Phi) is 41.5. The first kappa shape index (κ1) is 103. The van der Waals surface area contributed by atoms with E-state index in [-0.39, 0.29) is 141 Å². The number of rotatable bonds is 53. The molecule has 1 saturated carbocycles. The minimum Gasteiger partial charge on any atom is -0.508 e. The number of hydrogen-bond acceptors (Lipinski definition) is 24. The third kappa shape index (κ3) is 34.3. The van der Waals surface area contributed by atoms with Gasteiger partial charge in [0, 0.05) is 105 Å². The molecule has 4 aromatic carbocycles. The molecule has 43 heteroatoms. The molecule has 0 unspecified atom stereocenters. The Morgan fingerprint density at radius 2 is 1.11 bits per heavy atom. The molecule has 1 aromatic heterocycles. The highest BCUT2D eigenvalue weighted by Gasteiger charge is 2.36. The number of aromatic nitrogens is 2. The maximum absolute atomic E-state index is 14.8. The topological polar surface area (TPSA) is 678 Å². The van der Waals surface area contributed by atoms with Crippen LogP contribution in [0.1, 0.15) is 151 Å². The zero-order valence-corrected chi connectivity index (χ0v) is 75.0. The number of unbranched alkanes of at least 4 members (excludes halogenated alkanes) is 3. The normalized spacial score (nSPS) is 14.5. The molecule has 29 N–H and O–H groups in total. The van der Waals surface area contributed by atoms with Gasteiger partial charge in [0.05, 0.1) is 42.0 Å². The van der Waals surface area contributed by atoms with Crippen molar-refractivity contribution in [2.75, 3.05) is 70.1 Å². The predicted molar refractivity (Wildman–Crippen MR) is 500 cm³/mol. The van der Waals surface area contributed by atoms with Crippen molar-refractivity contribution >= 4 is 134 Å². The summed E-state index contributed by atoms with van der Waals surface area (Å²) in [5.41, 5.74) is 33.3. The molecule has 2 heterocycles. The van der Waals surface area contributed by atoms with Crippen LogP contribution in [0.3, 0.4) is 0 Å². The van der Waals surface area contributed by atoms with Crippen LogP contribution in [0, 0.1) is 16.7 Å². The van der Waals surface area contributed by atoms with Crippen LogP contribution in [-0.2, 0) is 65.6 Å². The third-order valence-electron chi connectivity index (χ3n) is 21.9. The van der Waals surface area contributed by atoms with Gasteiger partial charge >= 0.3 is 5.97 Å². The lowest BCUT2D eigenvalue weighted by Crippen LogP contribution is -2.60. The van der Waals surface area contributed by atoms with Gasteiger partial charge in [-0.2, -0.15) is 10.2 Å². The van der Waals surface area contributed by atoms with Gasteiger partial charge in [0.2, 0.25) is 65.0 Å². The molecule has 1 fully saturated rings. The van der Waals surface area contributed by atoms with Gasteiger partial charge < -0.3 is 128 Å². The van der Waals surface area contributed by atoms with E-state index >= 15 is 0 Å². The number of phenols is 1. The number of amides is 11. The number of nitrogens with one attached hydrogen (secondary N) is 17. The number of H-pyrrole nitrogens is 1. The molecule has 0 radical (unpaired) electrons. The van der Waals surface area contributed by atoms with E-state index < -0.39 is 132 Å². The molecule has 3 aliphatic rings. The summed E-state index contributed by atoms with van der Waals surface area (Å²) in [6.07, 6.45) is 8.21. The fraction of sp³-hybridized carbons (Fsp3) is 0.449. The van der Waals surface area contributed by atoms with Gasteiger partial charge in [-0.05, 0) is 238 Å². The SMILES string of the molecule is C[C@H](NC(=O)CNC(=O)CNC(=O)[C@H](CCCCN)NC(=O)C1CCC(NC(=S)Nc2ccc(-c3c4ccc(=O)cc-4oc4cc(O)ccc34)c(C(=O)O)c2)CC1)C(=O)N[C@@H](CCCCNC(=O)CCCc1ccc(N=Nc2ccc(N(C)C)cc2)cc1)C(=O)N[C@@H](CCCNC(=N)N)C(=O)N[C@@H](Cc1c[nH]cn1)C(=O)N[C@@H](CCCNC(=N)N)C(=O)N[C@@H](CCCCN)C(N)=O. The molecular formula is C89H122N26O16S. The van der Waals surface area contributed by atoms with E-state index in [2.05, 4.69) is 94.6 Å². The van der Waals surface area contributed by atoms with Gasteiger partial charge in [0.25, 0.3) is 0 Å². The summed E-state index contributed by atoms with van der Waals surface area (Å²) in [6.45, 7) is 0.887. The van der Waals surface area contributed by atoms with Crippen molar-refractivity contribution in [2.45, 2.75) is 190 Å². The Morgan fingerprint density at radius 3 is 1.70 bits per heavy atom. The lowest BCUT2D eigenvalue weighted by Gasteiger charge is -2.30. The molecule has 11 amide bonds. The number of benzene rings is 5. The van der Waals surface area contributed by atoms with Crippen LogP contribution in [-0.4, -0.2) is 216 Å². The number of primary amides is 1. The quantitative estimate of drug-likeness (QED) is 0.00650. The molecule has 7 atom stereocenters. The number of guanidine groups is 2. The largest absolute Gasteiger partial charge is 0.508 e. The second-order valence-corrected chi connectivity index (χ2v) is 32.8. The number of hydrogen-bond donors (Lipinski definition) is 24. The molecule has 0 bridgehead atoms. The molecule has 2 aliphatic carbocycles. The van der Waals surface area contributed by atoms with E-state index in [4.69, 9.17) is 56.1 Å². The van der Waals surface area contributed by atoms with Crippen molar-refractivity contribution < 1.29 is 72.2 Å². The number of phenolic OH excluding ortho intramolecular Hbond substituents is 1. The number of aromatic amines is 1. The third-order valence-corrected chi connectivity index (χ3v) is 22.1. The fourth-order valence-corrected chi connectivity index (χ4v) is 15.0. The van der Waals surface area contributed by atoms with Gasteiger partial charge in [-0.3, -0.25) is 68.4 Å². The molecule has 710 valence electrons. The van der Waals surface area contributed by atoms with Crippen molar-refractivity contribution in [3.8, 4) is 28.2 Å². The fourth-order valence-electron chi connectivity index (χ4n) is 14.7. The Bertz CT molecular complexity index is 5180. The van der Waals surface area contributed by atoms with Gasteiger partial charge in [0.15, 0.2) is 22.5 Å². The number of aromatic hydroxyl groups is 1. The highest BCUT2D eigenvalue weighted by atomic mass is 32.1. The highest BCUT2D eigenvalue weighted by Crippen LogP contribution is 2.43. The maximum atomic E-state index is 14.8. The first-order chi connectivity index (χ1) is 63.2. The van der Waals surface area contributed by atoms with Crippen molar-refractivity contribution in [3.63, 3.8) is 0 Å². The molecular weight excluding hydrogens is 1720 g/mol. The zero-order chi connectivity index (χ0) is 95.8. The number of carbonyl (C=O) groups excluding carboxylic acids is 11. The van der Waals surface area contributed by atoms with Gasteiger partial charge in [0.1, 0.15) is 59.4 Å². The lowest BCUT2D eigenvalue weighted by atomic mass is 9.85. The first-order valence-corrected chi connectivity index (χ1v) is 44.3. The molecule has 5 aromatic rings. The Labute approximate surface area is 768 Å². The Balaban J connectivity index is 0.870. The number of thiocarbonyl (C=S) groups is 1. The second-order valence-electron chi connectivity index (χ2n) is 32.4. The molecule has 1 aliphatic heterocycles. The summed E-state index contributed by atoms with van der Waals surface area (Å²) >= 11 is 5.68. The first-order valence-electron chi connectivity index (χ1n) is 43.9. The number of aromatic carboxylic acids is 1. The summed E-state index contributed by atoms with van der Waals surface area (Å²) in [4.78, 5) is 187. The number of nitrogens with zero attached hydrogens (tertiary/aromatic N) is 4. The van der Waals surface area contributed by atoms with E-state index in [0.29, 0.717) is 123 Å². The van der Waals surface area contributed by atoms with Crippen LogP contribution in [0.4, 0.5) is 22.7 Å². The number of imidazole rings is 1. The Morgan fingerprint density at radius 1 is 0.568 bits per heavy atom. The van der Waals surface area contributed by atoms with Crippen molar-refractivity contribution in [2.24, 2.45) is 44.8 Å². The molecule has 0 saturated heterocycles. The molecule has 0 spiro atoms. The van der Waals surface area contributed by atoms with Gasteiger partial charge in [-0.25, -0.2) is 9.78 Å². The summed E-state index contributed by atoms with van der Waals surface area (Å²) < 4.78 is 5.96. The molecule has 8 rings (SSSR count). The van der Waals surface area contributed by atoms with Crippen molar-refractivity contribution in [1.29, 1.82) is 10.8 Å². The van der Waals surface area contributed by atoms with E-state index in [1.807, 2.05) is 67.5 Å². The minimum atomic E-state index is -1.51. The average Bonchev–Trinajstić information content (AvgIpc) is 0.766. The second kappa shape index (κ2) is 53.0. The summed E-state index contributed by atoms with van der Waals surface area (Å²) in [7, 11) is 3.90. The van der Waals surface area contributed by atoms with Gasteiger partial charge in [-0.15, -0.1) is 0 Å². The predicted octanol–water partition coefficient (Wildman–Crippen LogP) is 2.49. The molecule has 42 nitrogen and oxygen atoms in total. The van der Waals surface area contributed by atoms with E-state index in [9.17, 15) is 72.5 Å². The number of carbonyl (C=O) groups is 12. The van der Waals surface area contributed by atoms with E-state index in [1.54, 1.807) is 24.3 Å². The number of nitrogens with two attached hydrogens (primary N) is 5. The van der Waals surface area contributed by atoms with Crippen LogP contribution in [0.15, 0.2) is 135 Å². The average molecular weight is 1840 g/mol. The summed E-state index contributed by atoms with van der Waals surface area (Å²) in [6, 6.07) is 18.8. The van der Waals surface area contributed by atoms with Crippen LogP contribution in [0.25, 0.3) is 33.4 Å². The monoisotopic (exact) mass is 1840 g/mol. The number of azo groups is 1. The zero-order valence-electron chi connectivity index (χ0n) is 74.2. The number of anilines is 2. The lowest BCUT2D eigenvalue weighted by molar-refractivity contribution is -0.135. The maximum Gasteiger partial charge on any atom is 0.336 e. The van der Waals surface area contributed by atoms with Gasteiger partial charge in [-0.1, -0.05) is 18.2 Å². The molecule has 132 heavy (non-hydrogen) atoms. The van der Waals surface area contributed by atoms with Crippen molar-refractivity contribution in [1.82, 2.24) is 79.1 Å². The number of carboxylic acids is 1. The minimum absolute atomic E-state index is 0.0296. The van der Waals surface area contributed by atoms with Crippen LogP contribution >= 0.6 is 12.2 Å². The van der Waals surface area contributed by atoms with E-state index in [0.717, 1.165) is 11.3 Å². The number of fused-ring (bicyclic) bond motifs is 2. The van der Waals surface area contributed by atoms with Crippen LogP contribution in [0.2, 0.25) is 0 Å². The number of carboxylic acid groups (broad SMARTS) is 1. The summed E-state index contributed by atoms with van der Waals surface area (Å²) in [5, 5.41) is 83.5. The standard InChI is InChI=1S/C89H122N26O16S/c1-51(104-76(120)49-101-75(119)48-102-81(124)67(15-5-8-39-91)109-80(123)53-22-26-54(27-23-53)105-89(132)106-57-30-35-62(65(43-57)86(129)130)77-63-36-33-60(116)45-72(63)131-73-46-61(117)34-37-64(73)77)79(122)108-68(16-6-9-40-98-74(118)19-10-13-52-20-24-55(25-21-52)113-114-56-28-31-59(32-29-56)115(2)3)83(126)110-70(18-12-42-100-88(95)96)84(127)112-71(44-58-47-97-50-103-58)85(128)111-69(17-11-41-99-87(93)94)82(125)107-66(78(92)121)14-4-7-38-90/h20-21,24-25,28-37,43,45-47,50-51,53-54,66-71,116H,4-19,22-23,26-27,38-42,44,48-49,90-91H2,1-3H3,(H2,92,121)(H,97,103)(H,98,118)(H,101,119)(H,102,124)(H,104,120)(H,107,125)(H,108,122)(H,109,123)(H,110,126)(H,111,128)(H,112,127)(H,129,130)(H4,93,94,99)(H4,95,96,100)(H2,105,106,132)/t51-,53?,54?,66-,67-,68-,69-,70-,71-/m0/s1. The number of aryl methyl sites for hydroxylation is 1. The Hall–Kier alpha value is -14.2. The van der Waals surface area contributed by atoms with Crippen LogP contribution < -0.4 is 113 Å². The highest BCUT2D eigenvalue weighted by molar-refractivity contribution is 7.80.